The molecule has 0 unspecified atom stereocenters. The molecule has 0 amide bonds. The summed E-state index contributed by atoms with van der Waals surface area (Å²) in [5.41, 5.74) is 1.92. The smallest absolute Gasteiger partial charge is 0.169 e. The van der Waals surface area contributed by atoms with Gasteiger partial charge in [-0.3, -0.25) is 0 Å². The van der Waals surface area contributed by atoms with Gasteiger partial charge in [0.1, 0.15) is 33.5 Å². The second-order valence-corrected chi connectivity index (χ2v) is 8.55. The van der Waals surface area contributed by atoms with E-state index in [1.54, 1.807) is 41.7 Å². The Bertz CT molecular complexity index is 1460. The van der Waals surface area contributed by atoms with E-state index in [1.165, 1.54) is 12.4 Å². The number of fused-ring (bicyclic) bond motifs is 2. The Morgan fingerprint density at radius 3 is 2.74 bits per heavy atom. The van der Waals surface area contributed by atoms with E-state index in [-0.39, 0.29) is 21.6 Å². The van der Waals surface area contributed by atoms with Crippen LogP contribution in [-0.2, 0) is 0 Å². The van der Waals surface area contributed by atoms with Crippen molar-refractivity contribution in [2.75, 3.05) is 5.32 Å². The van der Waals surface area contributed by atoms with Crippen LogP contribution in [0.15, 0.2) is 48.8 Å². The number of benzene rings is 2. The van der Waals surface area contributed by atoms with E-state index in [9.17, 15) is 0 Å². The van der Waals surface area contributed by atoms with Crippen LogP contribution >= 0.6 is 34.5 Å². The first kappa shape index (κ1) is 19.9. The predicted molar refractivity (Wildman–Crippen MR) is 121 cm³/mol. The maximum Gasteiger partial charge on any atom is 0.169 e. The minimum Gasteiger partial charge on any atom is -0.456 e. The number of thiazole rings is 1. The molecule has 5 rings (SSSR count). The highest BCUT2D eigenvalue weighted by Crippen LogP contribution is 2.37. The normalized spacial score (nSPS) is 11.2. The third-order valence-corrected chi connectivity index (χ3v) is 5.96. The number of ether oxygens (including phenoxy) is 1. The second kappa shape index (κ2) is 7.88. The quantitative estimate of drug-likeness (QED) is 0.286. The molecular weight excluding hydrogens is 460 g/mol. The molecule has 5 aromatic rings. The van der Waals surface area contributed by atoms with E-state index < -0.39 is 5.82 Å². The first-order valence-electron chi connectivity index (χ1n) is 9.05. The number of nitrogens with zero attached hydrogens (tertiary/aromatic N) is 4. The van der Waals surface area contributed by atoms with Gasteiger partial charge in [-0.1, -0.05) is 23.2 Å². The maximum atomic E-state index is 15.0. The summed E-state index contributed by atoms with van der Waals surface area (Å²) in [7, 11) is 0. The molecule has 0 radical (unpaired) electrons. The molecule has 3 aromatic heterocycles. The van der Waals surface area contributed by atoms with Gasteiger partial charge in [0.15, 0.2) is 11.6 Å². The third-order valence-electron chi connectivity index (χ3n) is 4.44. The van der Waals surface area contributed by atoms with E-state index in [0.717, 1.165) is 15.2 Å². The summed E-state index contributed by atoms with van der Waals surface area (Å²) in [5, 5.41) is 3.98. The fourth-order valence-electron chi connectivity index (χ4n) is 3.06. The number of halogens is 3. The zero-order valence-corrected chi connectivity index (χ0v) is 18.2. The van der Waals surface area contributed by atoms with Crippen LogP contribution in [0.3, 0.4) is 0 Å². The highest BCUT2D eigenvalue weighted by molar-refractivity contribution is 7.18. The molecule has 0 spiro atoms. The zero-order chi connectivity index (χ0) is 21.5. The van der Waals surface area contributed by atoms with Crippen LogP contribution in [0.25, 0.3) is 21.3 Å². The minimum atomic E-state index is -0.682. The molecule has 0 aliphatic rings. The lowest BCUT2D eigenvalue weighted by molar-refractivity contribution is 0.478. The fraction of sp³-hybridized carbons (Fsp3) is 0.0476. The van der Waals surface area contributed by atoms with Gasteiger partial charge in [0.05, 0.1) is 26.4 Å². The Morgan fingerprint density at radius 1 is 1.00 bits per heavy atom. The van der Waals surface area contributed by atoms with E-state index in [4.69, 9.17) is 27.9 Å². The lowest BCUT2D eigenvalue weighted by atomic mass is 10.2. The van der Waals surface area contributed by atoms with Crippen molar-refractivity contribution in [3.05, 3.63) is 69.8 Å². The lowest BCUT2D eigenvalue weighted by Crippen LogP contribution is -2.00. The fourth-order valence-corrected chi connectivity index (χ4v) is 4.21. The van der Waals surface area contributed by atoms with Crippen LogP contribution in [0.5, 0.6) is 11.5 Å². The molecule has 10 heteroatoms. The van der Waals surface area contributed by atoms with Crippen molar-refractivity contribution in [3.8, 4) is 11.5 Å². The molecular formula is C21H12Cl2FN5OS. The Labute approximate surface area is 189 Å². The number of pyridine rings is 1. The summed E-state index contributed by atoms with van der Waals surface area (Å²) in [5.74, 6) is 0.323. The van der Waals surface area contributed by atoms with Crippen LogP contribution in [0.2, 0.25) is 10.2 Å². The van der Waals surface area contributed by atoms with Crippen LogP contribution in [-0.4, -0.2) is 19.9 Å². The topological polar surface area (TPSA) is 72.8 Å². The van der Waals surface area contributed by atoms with Gasteiger partial charge < -0.3 is 10.1 Å². The van der Waals surface area contributed by atoms with Crippen molar-refractivity contribution in [1.29, 1.82) is 0 Å². The molecule has 6 nitrogen and oxygen atoms in total. The number of hydrogen-bond donors (Lipinski definition) is 1. The summed E-state index contributed by atoms with van der Waals surface area (Å²) in [6.45, 7) is 1.94. The number of nitrogens with one attached hydrogen (secondary N) is 1. The standard InChI is InChI=1S/C21H12Cl2FN5OS/c1-10-27-14-8-11(2-6-16(14)31-10)30-15-5-3-12(19(24)18(15)23)28-21-20-13(25-9-26-21)4-7-17(22)29-20/h2-9H,1H3,(H,25,26,28). The third kappa shape index (κ3) is 3.85. The molecule has 0 aliphatic carbocycles. The Morgan fingerprint density at radius 2 is 1.87 bits per heavy atom. The first-order valence-corrected chi connectivity index (χ1v) is 10.6. The van der Waals surface area contributed by atoms with Gasteiger partial charge in [0.2, 0.25) is 0 Å². The molecule has 0 saturated carbocycles. The average molecular weight is 472 g/mol. The lowest BCUT2D eigenvalue weighted by Gasteiger charge is -2.13. The SMILES string of the molecule is Cc1nc2cc(Oc3ccc(Nc4ncnc5ccc(Cl)nc45)c(F)c3Cl)ccc2s1. The van der Waals surface area contributed by atoms with Gasteiger partial charge in [-0.2, -0.15) is 0 Å². The Hall–Kier alpha value is -3.07. The molecule has 0 aliphatic heterocycles. The number of anilines is 2. The van der Waals surface area contributed by atoms with Gasteiger partial charge in [-0.05, 0) is 43.3 Å². The van der Waals surface area contributed by atoms with Gasteiger partial charge in [-0.15, -0.1) is 11.3 Å². The van der Waals surface area contributed by atoms with E-state index in [2.05, 4.69) is 25.3 Å². The van der Waals surface area contributed by atoms with Crippen molar-refractivity contribution < 1.29 is 9.13 Å². The second-order valence-electron chi connectivity index (χ2n) is 6.55. The van der Waals surface area contributed by atoms with Gasteiger partial charge in [0.25, 0.3) is 0 Å². The van der Waals surface area contributed by atoms with Gasteiger partial charge in [-0.25, -0.2) is 24.3 Å². The first-order chi connectivity index (χ1) is 15.0. The number of aryl methyl sites for hydroxylation is 1. The van der Waals surface area contributed by atoms with Crippen molar-refractivity contribution >= 4 is 67.3 Å². The summed E-state index contributed by atoms with van der Waals surface area (Å²) in [4.78, 5) is 16.9. The molecule has 0 saturated heterocycles. The van der Waals surface area contributed by atoms with Crippen molar-refractivity contribution in [3.63, 3.8) is 0 Å². The van der Waals surface area contributed by atoms with Gasteiger partial charge in [0, 0.05) is 6.07 Å². The monoisotopic (exact) mass is 471 g/mol. The van der Waals surface area contributed by atoms with Crippen molar-refractivity contribution in [2.45, 2.75) is 6.92 Å². The predicted octanol–water partition coefficient (Wildman–Crippen LogP) is 6.92. The molecule has 31 heavy (non-hydrogen) atoms. The van der Waals surface area contributed by atoms with Crippen LogP contribution in [0.4, 0.5) is 15.9 Å². The molecule has 2 aromatic carbocycles. The molecule has 0 bridgehead atoms. The maximum absolute atomic E-state index is 15.0. The zero-order valence-electron chi connectivity index (χ0n) is 15.9. The molecule has 0 atom stereocenters. The Balaban J connectivity index is 1.46. The minimum absolute atomic E-state index is 0.115. The highest BCUT2D eigenvalue weighted by atomic mass is 35.5. The highest BCUT2D eigenvalue weighted by Gasteiger charge is 2.16. The molecule has 154 valence electrons. The molecule has 1 N–H and O–H groups in total. The van der Waals surface area contributed by atoms with Crippen LogP contribution in [0, 0.1) is 12.7 Å². The average Bonchev–Trinajstić information content (AvgIpc) is 3.13. The summed E-state index contributed by atoms with van der Waals surface area (Å²) in [6.07, 6.45) is 1.35. The largest absolute Gasteiger partial charge is 0.456 e. The van der Waals surface area contributed by atoms with E-state index >= 15 is 4.39 Å². The Kier molecular flexibility index (Phi) is 5.05. The van der Waals surface area contributed by atoms with Crippen LogP contribution < -0.4 is 10.1 Å². The summed E-state index contributed by atoms with van der Waals surface area (Å²) in [6, 6.07) is 11.9. The number of aromatic nitrogens is 4. The van der Waals surface area contributed by atoms with Gasteiger partial charge >= 0.3 is 0 Å². The van der Waals surface area contributed by atoms with Crippen molar-refractivity contribution in [1.82, 2.24) is 19.9 Å². The number of rotatable bonds is 4. The van der Waals surface area contributed by atoms with E-state index in [1.807, 2.05) is 13.0 Å². The molecule has 0 fully saturated rings. The van der Waals surface area contributed by atoms with E-state index in [0.29, 0.717) is 22.6 Å². The number of hydrogen-bond acceptors (Lipinski definition) is 7. The summed E-state index contributed by atoms with van der Waals surface area (Å²) >= 11 is 13.8. The van der Waals surface area contributed by atoms with Crippen molar-refractivity contribution in [2.24, 2.45) is 0 Å². The summed E-state index contributed by atoms with van der Waals surface area (Å²) < 4.78 is 21.9. The molecule has 3 heterocycles. The van der Waals surface area contributed by atoms with Crippen LogP contribution in [0.1, 0.15) is 5.01 Å².